The first-order valence-corrected chi connectivity index (χ1v) is 6.00. The number of hydrogen-bond acceptors (Lipinski definition) is 4. The van der Waals surface area contributed by atoms with Gasteiger partial charge < -0.3 is 14.7 Å². The first kappa shape index (κ1) is 13.9. The van der Waals surface area contributed by atoms with Gasteiger partial charge in [-0.1, -0.05) is 6.07 Å². The fourth-order valence-corrected chi connectivity index (χ4v) is 1.98. The van der Waals surface area contributed by atoms with Crippen molar-refractivity contribution in [2.75, 3.05) is 25.2 Å². The Bertz CT molecular complexity index is 342. The van der Waals surface area contributed by atoms with Crippen molar-refractivity contribution >= 4 is 5.82 Å². The van der Waals surface area contributed by atoms with Crippen molar-refractivity contribution in [1.82, 2.24) is 4.98 Å². The van der Waals surface area contributed by atoms with Crippen molar-refractivity contribution in [1.29, 1.82) is 0 Å². The van der Waals surface area contributed by atoms with E-state index in [-0.39, 0.29) is 6.04 Å². The molecule has 17 heavy (non-hydrogen) atoms. The fourth-order valence-electron chi connectivity index (χ4n) is 1.98. The van der Waals surface area contributed by atoms with E-state index in [0.29, 0.717) is 6.61 Å². The summed E-state index contributed by atoms with van der Waals surface area (Å²) in [6.07, 6.45) is 1.24. The number of anilines is 1. The third-order valence-electron chi connectivity index (χ3n) is 2.82. The standard InChI is InChI=1S/C13H22N2O2/c1-5-15(10(2)9-17-4)13-12(11(3)16)7-6-8-14-13/h6-8,10-11,16H,5,9H2,1-4H3/t10?,11-/m1/s1. The monoisotopic (exact) mass is 238 g/mol. The van der Waals surface area contributed by atoms with E-state index in [1.165, 1.54) is 0 Å². The first-order valence-electron chi connectivity index (χ1n) is 6.00. The SMILES string of the molecule is CCN(c1ncccc1[C@@H](C)O)C(C)COC. The molecule has 1 unspecified atom stereocenters. The second kappa shape index (κ2) is 6.57. The highest BCUT2D eigenvalue weighted by Crippen LogP contribution is 2.24. The number of ether oxygens (including phenoxy) is 1. The van der Waals surface area contributed by atoms with Crippen molar-refractivity contribution in [2.45, 2.75) is 32.9 Å². The number of rotatable bonds is 6. The molecule has 0 radical (unpaired) electrons. The van der Waals surface area contributed by atoms with E-state index in [0.717, 1.165) is 17.9 Å². The Morgan fingerprint density at radius 1 is 1.47 bits per heavy atom. The molecule has 0 aliphatic rings. The second-order valence-corrected chi connectivity index (χ2v) is 4.18. The summed E-state index contributed by atoms with van der Waals surface area (Å²) in [6, 6.07) is 3.99. The van der Waals surface area contributed by atoms with Crippen molar-refractivity contribution in [3.05, 3.63) is 23.9 Å². The van der Waals surface area contributed by atoms with Gasteiger partial charge in [0.1, 0.15) is 5.82 Å². The number of aromatic nitrogens is 1. The maximum absolute atomic E-state index is 9.76. The molecule has 0 aliphatic carbocycles. The average molecular weight is 238 g/mol. The first-order chi connectivity index (χ1) is 8.11. The fraction of sp³-hybridized carbons (Fsp3) is 0.615. The van der Waals surface area contributed by atoms with Crippen LogP contribution in [0.1, 0.15) is 32.4 Å². The topological polar surface area (TPSA) is 45.6 Å². The quantitative estimate of drug-likeness (QED) is 0.823. The summed E-state index contributed by atoms with van der Waals surface area (Å²) in [5, 5.41) is 9.76. The highest BCUT2D eigenvalue weighted by molar-refractivity contribution is 5.48. The Labute approximate surface area is 103 Å². The third kappa shape index (κ3) is 3.41. The Balaban J connectivity index is 3.02. The van der Waals surface area contributed by atoms with E-state index < -0.39 is 6.10 Å². The van der Waals surface area contributed by atoms with Gasteiger partial charge in [-0.05, 0) is 26.8 Å². The minimum Gasteiger partial charge on any atom is -0.389 e. The molecule has 1 aromatic rings. The number of likely N-dealkylation sites (N-methyl/N-ethyl adjacent to an activating group) is 1. The minimum absolute atomic E-state index is 0.234. The molecular weight excluding hydrogens is 216 g/mol. The van der Waals surface area contributed by atoms with Crippen LogP contribution in [0.2, 0.25) is 0 Å². The van der Waals surface area contributed by atoms with E-state index in [9.17, 15) is 5.11 Å². The molecule has 1 N–H and O–H groups in total. The molecule has 96 valence electrons. The predicted molar refractivity (Wildman–Crippen MR) is 69.2 cm³/mol. The molecule has 0 aromatic carbocycles. The molecule has 4 heteroatoms. The van der Waals surface area contributed by atoms with Gasteiger partial charge in [-0.2, -0.15) is 0 Å². The van der Waals surface area contributed by atoms with Gasteiger partial charge in [-0.3, -0.25) is 0 Å². The number of pyridine rings is 1. The number of aliphatic hydroxyl groups excluding tert-OH is 1. The average Bonchev–Trinajstić information content (AvgIpc) is 2.31. The van der Waals surface area contributed by atoms with Crippen LogP contribution in [0.5, 0.6) is 0 Å². The molecule has 2 atom stereocenters. The maximum Gasteiger partial charge on any atom is 0.134 e. The molecule has 0 saturated heterocycles. The lowest BCUT2D eigenvalue weighted by molar-refractivity contribution is 0.180. The molecule has 0 spiro atoms. The van der Waals surface area contributed by atoms with E-state index in [1.807, 2.05) is 12.1 Å². The number of nitrogens with zero attached hydrogens (tertiary/aromatic N) is 2. The highest BCUT2D eigenvalue weighted by atomic mass is 16.5. The molecule has 1 aromatic heterocycles. The molecule has 0 bridgehead atoms. The van der Waals surface area contributed by atoms with Gasteiger partial charge in [0.25, 0.3) is 0 Å². The van der Waals surface area contributed by atoms with Crippen molar-refractivity contribution in [3.8, 4) is 0 Å². The lowest BCUT2D eigenvalue weighted by Crippen LogP contribution is -2.37. The van der Waals surface area contributed by atoms with Crippen molar-refractivity contribution < 1.29 is 9.84 Å². The van der Waals surface area contributed by atoms with E-state index in [4.69, 9.17) is 4.74 Å². The number of aliphatic hydroxyl groups is 1. The van der Waals surface area contributed by atoms with Gasteiger partial charge in [0.2, 0.25) is 0 Å². The van der Waals surface area contributed by atoms with Gasteiger partial charge in [0.15, 0.2) is 0 Å². The lowest BCUT2D eigenvalue weighted by Gasteiger charge is -2.30. The number of methoxy groups -OCH3 is 1. The highest BCUT2D eigenvalue weighted by Gasteiger charge is 2.18. The molecular formula is C13H22N2O2. The van der Waals surface area contributed by atoms with Crippen LogP contribution in [-0.2, 0) is 4.74 Å². The lowest BCUT2D eigenvalue weighted by atomic mass is 10.1. The summed E-state index contributed by atoms with van der Waals surface area (Å²) >= 11 is 0. The van der Waals surface area contributed by atoms with E-state index in [1.54, 1.807) is 20.2 Å². The molecule has 0 aliphatic heterocycles. The number of hydrogen-bond donors (Lipinski definition) is 1. The van der Waals surface area contributed by atoms with E-state index in [2.05, 4.69) is 23.7 Å². The predicted octanol–water partition coefficient (Wildman–Crippen LogP) is 2.00. The Hall–Kier alpha value is -1.13. The van der Waals surface area contributed by atoms with Gasteiger partial charge in [-0.25, -0.2) is 4.98 Å². The second-order valence-electron chi connectivity index (χ2n) is 4.18. The summed E-state index contributed by atoms with van der Waals surface area (Å²) in [6.45, 7) is 7.40. The Kier molecular flexibility index (Phi) is 5.38. The summed E-state index contributed by atoms with van der Waals surface area (Å²) in [4.78, 5) is 6.53. The summed E-state index contributed by atoms with van der Waals surface area (Å²) in [7, 11) is 1.69. The van der Waals surface area contributed by atoms with E-state index >= 15 is 0 Å². The molecule has 0 saturated carbocycles. The van der Waals surface area contributed by atoms with Gasteiger partial charge >= 0.3 is 0 Å². The third-order valence-corrected chi connectivity index (χ3v) is 2.82. The van der Waals surface area contributed by atoms with Crippen LogP contribution >= 0.6 is 0 Å². The zero-order chi connectivity index (χ0) is 12.8. The van der Waals surface area contributed by atoms with Crippen LogP contribution in [0.3, 0.4) is 0 Å². The zero-order valence-corrected chi connectivity index (χ0v) is 11.1. The molecule has 1 rings (SSSR count). The summed E-state index contributed by atoms with van der Waals surface area (Å²) in [5.74, 6) is 0.842. The Morgan fingerprint density at radius 3 is 2.71 bits per heavy atom. The molecule has 0 fully saturated rings. The zero-order valence-electron chi connectivity index (χ0n) is 11.1. The molecule has 1 heterocycles. The van der Waals surface area contributed by atoms with Crippen LogP contribution in [-0.4, -0.2) is 36.4 Å². The summed E-state index contributed by atoms with van der Waals surface area (Å²) in [5.41, 5.74) is 0.859. The maximum atomic E-state index is 9.76. The van der Waals surface area contributed by atoms with Crippen LogP contribution < -0.4 is 4.90 Å². The smallest absolute Gasteiger partial charge is 0.134 e. The largest absolute Gasteiger partial charge is 0.389 e. The molecule has 4 nitrogen and oxygen atoms in total. The van der Waals surface area contributed by atoms with Gasteiger partial charge in [0.05, 0.1) is 18.8 Å². The van der Waals surface area contributed by atoms with Crippen LogP contribution in [0, 0.1) is 0 Å². The van der Waals surface area contributed by atoms with Gasteiger partial charge in [-0.15, -0.1) is 0 Å². The van der Waals surface area contributed by atoms with Crippen molar-refractivity contribution in [3.63, 3.8) is 0 Å². The van der Waals surface area contributed by atoms with Crippen LogP contribution in [0.25, 0.3) is 0 Å². The van der Waals surface area contributed by atoms with Crippen LogP contribution in [0.15, 0.2) is 18.3 Å². The van der Waals surface area contributed by atoms with Crippen molar-refractivity contribution in [2.24, 2.45) is 0 Å². The minimum atomic E-state index is -0.512. The van der Waals surface area contributed by atoms with Crippen LogP contribution in [0.4, 0.5) is 5.82 Å². The molecule has 0 amide bonds. The Morgan fingerprint density at radius 2 is 2.18 bits per heavy atom. The summed E-state index contributed by atoms with van der Waals surface area (Å²) < 4.78 is 5.18. The normalized spacial score (nSPS) is 14.4. The van der Waals surface area contributed by atoms with Gasteiger partial charge in [0, 0.05) is 25.4 Å².